The lowest BCUT2D eigenvalue weighted by molar-refractivity contribution is 0.415. The molecule has 0 bridgehead atoms. The molecule has 20 heavy (non-hydrogen) atoms. The van der Waals surface area contributed by atoms with Crippen molar-refractivity contribution in [3.63, 3.8) is 0 Å². The lowest BCUT2D eigenvalue weighted by Crippen LogP contribution is -2.22. The van der Waals surface area contributed by atoms with Crippen LogP contribution >= 0.6 is 0 Å². The van der Waals surface area contributed by atoms with Gasteiger partial charge in [0, 0.05) is 29.4 Å². The van der Waals surface area contributed by atoms with Gasteiger partial charge in [-0.1, -0.05) is 6.92 Å². The van der Waals surface area contributed by atoms with Crippen LogP contribution < -0.4 is 10.5 Å². The summed E-state index contributed by atoms with van der Waals surface area (Å²) in [6.45, 7) is 4.07. The summed E-state index contributed by atoms with van der Waals surface area (Å²) in [6.07, 6.45) is 1.73. The summed E-state index contributed by atoms with van der Waals surface area (Å²) in [5, 5.41) is 0. The van der Waals surface area contributed by atoms with Crippen LogP contribution in [0.4, 0.5) is 0 Å². The third-order valence-electron chi connectivity index (χ3n) is 3.25. The number of hydrogen-bond donors (Lipinski definition) is 1. The van der Waals surface area contributed by atoms with E-state index in [1.165, 1.54) is 0 Å². The minimum absolute atomic E-state index is 0.146. The summed E-state index contributed by atoms with van der Waals surface area (Å²) in [5.41, 5.74) is 8.95. The number of rotatable bonds is 5. The molecule has 0 amide bonds. The smallest absolute Gasteiger partial charge is 0.159 e. The van der Waals surface area contributed by atoms with E-state index in [1.54, 1.807) is 7.11 Å². The minimum atomic E-state index is 0.146. The SMILES string of the molecule is CCC(N)Cc1cc(C)nc(-c2ccc(OC)cc2)n1. The Kier molecular flexibility index (Phi) is 4.69. The van der Waals surface area contributed by atoms with Gasteiger partial charge in [0.05, 0.1) is 7.11 Å². The Morgan fingerprint density at radius 1 is 1.20 bits per heavy atom. The fourth-order valence-electron chi connectivity index (χ4n) is 2.02. The van der Waals surface area contributed by atoms with Crippen LogP contribution in [0, 0.1) is 6.92 Å². The van der Waals surface area contributed by atoms with Crippen molar-refractivity contribution in [1.29, 1.82) is 0 Å². The Bertz CT molecular complexity index is 566. The van der Waals surface area contributed by atoms with Crippen molar-refractivity contribution in [3.05, 3.63) is 41.7 Å². The Labute approximate surface area is 120 Å². The first-order valence-electron chi connectivity index (χ1n) is 6.87. The van der Waals surface area contributed by atoms with E-state index in [2.05, 4.69) is 16.9 Å². The summed E-state index contributed by atoms with van der Waals surface area (Å²) in [6, 6.07) is 9.92. The van der Waals surface area contributed by atoms with Crippen molar-refractivity contribution in [3.8, 4) is 17.1 Å². The number of benzene rings is 1. The fraction of sp³-hybridized carbons (Fsp3) is 0.375. The molecular formula is C16H21N3O. The molecule has 1 unspecified atom stereocenters. The van der Waals surface area contributed by atoms with E-state index in [9.17, 15) is 0 Å². The molecule has 2 N–H and O–H groups in total. The van der Waals surface area contributed by atoms with Gasteiger partial charge in [-0.05, 0) is 43.7 Å². The zero-order chi connectivity index (χ0) is 14.5. The number of methoxy groups -OCH3 is 1. The van der Waals surface area contributed by atoms with Gasteiger partial charge in [-0.3, -0.25) is 0 Å². The Balaban J connectivity index is 2.30. The lowest BCUT2D eigenvalue weighted by atomic mass is 10.1. The zero-order valence-corrected chi connectivity index (χ0v) is 12.3. The molecule has 0 fully saturated rings. The molecule has 0 spiro atoms. The topological polar surface area (TPSA) is 61.0 Å². The van der Waals surface area contributed by atoms with Crippen LogP contribution in [0.2, 0.25) is 0 Å². The fourth-order valence-corrected chi connectivity index (χ4v) is 2.02. The first-order valence-corrected chi connectivity index (χ1v) is 6.87. The highest BCUT2D eigenvalue weighted by atomic mass is 16.5. The quantitative estimate of drug-likeness (QED) is 0.908. The number of aromatic nitrogens is 2. The highest BCUT2D eigenvalue weighted by Gasteiger charge is 2.08. The maximum Gasteiger partial charge on any atom is 0.159 e. The highest BCUT2D eigenvalue weighted by Crippen LogP contribution is 2.20. The van der Waals surface area contributed by atoms with Crippen LogP contribution in [-0.2, 0) is 6.42 Å². The second kappa shape index (κ2) is 6.48. The van der Waals surface area contributed by atoms with Gasteiger partial charge in [-0.15, -0.1) is 0 Å². The second-order valence-corrected chi connectivity index (χ2v) is 4.93. The van der Waals surface area contributed by atoms with Gasteiger partial charge < -0.3 is 10.5 Å². The second-order valence-electron chi connectivity index (χ2n) is 4.93. The van der Waals surface area contributed by atoms with Crippen LogP contribution in [0.1, 0.15) is 24.7 Å². The molecule has 4 heteroatoms. The van der Waals surface area contributed by atoms with Gasteiger partial charge in [0.15, 0.2) is 5.82 Å². The van der Waals surface area contributed by atoms with E-state index in [0.29, 0.717) is 0 Å². The number of nitrogens with zero attached hydrogens (tertiary/aromatic N) is 2. The molecular weight excluding hydrogens is 250 g/mol. The maximum atomic E-state index is 6.00. The van der Waals surface area contributed by atoms with Crippen molar-refractivity contribution < 1.29 is 4.74 Å². The lowest BCUT2D eigenvalue weighted by Gasteiger charge is -2.10. The van der Waals surface area contributed by atoms with E-state index >= 15 is 0 Å². The summed E-state index contributed by atoms with van der Waals surface area (Å²) in [7, 11) is 1.66. The van der Waals surface area contributed by atoms with Crippen LogP contribution in [0.25, 0.3) is 11.4 Å². The van der Waals surface area contributed by atoms with E-state index in [4.69, 9.17) is 10.5 Å². The molecule has 0 saturated heterocycles. The van der Waals surface area contributed by atoms with Gasteiger partial charge in [-0.25, -0.2) is 9.97 Å². The van der Waals surface area contributed by atoms with Crippen LogP contribution in [0.15, 0.2) is 30.3 Å². The van der Waals surface area contributed by atoms with Gasteiger partial charge in [-0.2, -0.15) is 0 Å². The maximum absolute atomic E-state index is 6.00. The molecule has 1 aromatic heterocycles. The van der Waals surface area contributed by atoms with Crippen LogP contribution in [-0.4, -0.2) is 23.1 Å². The molecule has 1 aromatic carbocycles. The van der Waals surface area contributed by atoms with Gasteiger partial charge in [0.2, 0.25) is 0 Å². The standard InChI is InChI=1S/C16H21N3O/c1-4-13(17)10-14-9-11(2)18-16(19-14)12-5-7-15(20-3)8-6-12/h5-9,13H,4,10,17H2,1-3H3. The molecule has 0 aliphatic carbocycles. The summed E-state index contributed by atoms with van der Waals surface area (Å²) in [4.78, 5) is 9.12. The Morgan fingerprint density at radius 3 is 2.50 bits per heavy atom. The molecule has 1 atom stereocenters. The van der Waals surface area contributed by atoms with Gasteiger partial charge in [0.25, 0.3) is 0 Å². The number of nitrogens with two attached hydrogens (primary N) is 1. The molecule has 0 aliphatic heterocycles. The van der Waals surface area contributed by atoms with Gasteiger partial charge in [0.1, 0.15) is 5.75 Å². The first-order chi connectivity index (χ1) is 9.62. The van der Waals surface area contributed by atoms with E-state index in [1.807, 2.05) is 37.3 Å². The monoisotopic (exact) mass is 271 g/mol. The van der Waals surface area contributed by atoms with Crippen molar-refractivity contribution in [1.82, 2.24) is 9.97 Å². The van der Waals surface area contributed by atoms with Crippen molar-refractivity contribution >= 4 is 0 Å². The van der Waals surface area contributed by atoms with Crippen molar-refractivity contribution in [2.24, 2.45) is 5.73 Å². The largest absolute Gasteiger partial charge is 0.497 e. The predicted molar refractivity (Wildman–Crippen MR) is 80.7 cm³/mol. The number of hydrogen-bond acceptors (Lipinski definition) is 4. The molecule has 2 aromatic rings. The third-order valence-corrected chi connectivity index (χ3v) is 3.25. The average molecular weight is 271 g/mol. The van der Waals surface area contributed by atoms with E-state index in [-0.39, 0.29) is 6.04 Å². The van der Waals surface area contributed by atoms with Crippen molar-refractivity contribution in [2.75, 3.05) is 7.11 Å². The zero-order valence-electron chi connectivity index (χ0n) is 12.3. The molecule has 0 saturated carbocycles. The first kappa shape index (κ1) is 14.5. The minimum Gasteiger partial charge on any atom is -0.497 e. The predicted octanol–water partition coefficient (Wildman–Crippen LogP) is 2.74. The molecule has 0 aliphatic rings. The van der Waals surface area contributed by atoms with Gasteiger partial charge >= 0.3 is 0 Å². The van der Waals surface area contributed by atoms with E-state index in [0.717, 1.165) is 41.4 Å². The van der Waals surface area contributed by atoms with Crippen molar-refractivity contribution in [2.45, 2.75) is 32.7 Å². The third kappa shape index (κ3) is 3.54. The molecule has 4 nitrogen and oxygen atoms in total. The molecule has 1 heterocycles. The van der Waals surface area contributed by atoms with E-state index < -0.39 is 0 Å². The van der Waals surface area contributed by atoms with Crippen LogP contribution in [0.5, 0.6) is 5.75 Å². The normalized spacial score (nSPS) is 12.2. The molecule has 0 radical (unpaired) electrons. The molecule has 106 valence electrons. The molecule has 2 rings (SSSR count). The Morgan fingerprint density at radius 2 is 1.90 bits per heavy atom. The highest BCUT2D eigenvalue weighted by molar-refractivity contribution is 5.56. The number of aryl methyl sites for hydroxylation is 1. The summed E-state index contributed by atoms with van der Waals surface area (Å²) < 4.78 is 5.16. The average Bonchev–Trinajstić information content (AvgIpc) is 2.46. The summed E-state index contributed by atoms with van der Waals surface area (Å²) in [5.74, 6) is 1.57. The number of ether oxygens (including phenoxy) is 1. The summed E-state index contributed by atoms with van der Waals surface area (Å²) >= 11 is 0. The van der Waals surface area contributed by atoms with Crippen LogP contribution in [0.3, 0.4) is 0 Å². The Hall–Kier alpha value is -1.94.